The van der Waals surface area contributed by atoms with Crippen molar-refractivity contribution in [3.8, 4) is 0 Å². The van der Waals surface area contributed by atoms with E-state index in [9.17, 15) is 0 Å². The van der Waals surface area contributed by atoms with Gasteiger partial charge in [-0.2, -0.15) is 0 Å². The zero-order valence-electron chi connectivity index (χ0n) is 5.51. The van der Waals surface area contributed by atoms with Gasteiger partial charge in [0.2, 0.25) is 0 Å². The van der Waals surface area contributed by atoms with Gasteiger partial charge in [0, 0.05) is 0 Å². The molecule has 1 aliphatic rings. The standard InChI is InChI=1S/C6H13P.2ClH/c7-6-4-2-1-3-5-6;;/h6H,1-5,7H2;2*1H. The fourth-order valence-electron chi connectivity index (χ4n) is 1.13. The number of hydrogen-bond donors (Lipinski definition) is 0. The van der Waals surface area contributed by atoms with Crippen LogP contribution in [0.15, 0.2) is 0 Å². The summed E-state index contributed by atoms with van der Waals surface area (Å²) in [6, 6.07) is 0. The van der Waals surface area contributed by atoms with E-state index in [1.54, 1.807) is 0 Å². The lowest BCUT2D eigenvalue weighted by Gasteiger charge is -2.15. The molecule has 0 amide bonds. The summed E-state index contributed by atoms with van der Waals surface area (Å²) >= 11 is 0. The highest BCUT2D eigenvalue weighted by Crippen LogP contribution is 2.23. The van der Waals surface area contributed by atoms with Crippen molar-refractivity contribution >= 4 is 34.1 Å². The Balaban J connectivity index is 0. The van der Waals surface area contributed by atoms with Crippen LogP contribution in [-0.4, -0.2) is 5.66 Å². The van der Waals surface area contributed by atoms with Crippen LogP contribution in [0.5, 0.6) is 0 Å². The summed E-state index contributed by atoms with van der Waals surface area (Å²) in [4.78, 5) is 0. The third-order valence-electron chi connectivity index (χ3n) is 1.65. The summed E-state index contributed by atoms with van der Waals surface area (Å²) in [5.41, 5.74) is 0.953. The average molecular weight is 189 g/mol. The van der Waals surface area contributed by atoms with Crippen LogP contribution in [-0.2, 0) is 0 Å². The summed E-state index contributed by atoms with van der Waals surface area (Å²) in [7, 11) is 2.91. The van der Waals surface area contributed by atoms with Crippen LogP contribution in [0.4, 0.5) is 0 Å². The van der Waals surface area contributed by atoms with Crippen LogP contribution in [0.3, 0.4) is 0 Å². The Kier molecular flexibility index (Phi) is 10.0. The monoisotopic (exact) mass is 188 g/mol. The van der Waals surface area contributed by atoms with Crippen molar-refractivity contribution in [2.45, 2.75) is 37.8 Å². The summed E-state index contributed by atoms with van der Waals surface area (Å²) in [6.07, 6.45) is 7.31. The van der Waals surface area contributed by atoms with Crippen molar-refractivity contribution in [3.63, 3.8) is 0 Å². The van der Waals surface area contributed by atoms with Gasteiger partial charge in [-0.15, -0.1) is 34.1 Å². The van der Waals surface area contributed by atoms with Gasteiger partial charge < -0.3 is 0 Å². The first-order valence-electron chi connectivity index (χ1n) is 3.15. The molecule has 0 aliphatic heterocycles. The second-order valence-corrected chi connectivity index (χ2v) is 3.34. The summed E-state index contributed by atoms with van der Waals surface area (Å²) in [5, 5.41) is 0. The third-order valence-corrected chi connectivity index (χ3v) is 2.32. The predicted octanol–water partition coefficient (Wildman–Crippen LogP) is 3.04. The quantitative estimate of drug-likeness (QED) is 0.513. The van der Waals surface area contributed by atoms with Crippen molar-refractivity contribution in [1.82, 2.24) is 0 Å². The lowest BCUT2D eigenvalue weighted by atomic mass is 10.0. The zero-order valence-corrected chi connectivity index (χ0v) is 8.29. The van der Waals surface area contributed by atoms with Gasteiger partial charge in [-0.3, -0.25) is 0 Å². The van der Waals surface area contributed by atoms with E-state index in [2.05, 4.69) is 9.24 Å². The van der Waals surface area contributed by atoms with E-state index in [4.69, 9.17) is 0 Å². The van der Waals surface area contributed by atoms with E-state index in [0.717, 1.165) is 5.66 Å². The zero-order chi connectivity index (χ0) is 5.11. The average Bonchev–Trinajstić information content (AvgIpc) is 1.69. The van der Waals surface area contributed by atoms with Crippen LogP contribution >= 0.6 is 34.1 Å². The molecule has 0 aromatic rings. The summed E-state index contributed by atoms with van der Waals surface area (Å²) in [5.74, 6) is 0. The molecule has 0 aromatic heterocycles. The molecule has 0 bridgehead atoms. The molecular formula is C6H15Cl2P. The molecule has 0 spiro atoms. The predicted molar refractivity (Wildman–Crippen MR) is 51.1 cm³/mol. The molecule has 9 heavy (non-hydrogen) atoms. The van der Waals surface area contributed by atoms with Crippen molar-refractivity contribution < 1.29 is 0 Å². The first-order valence-corrected chi connectivity index (χ1v) is 3.82. The fraction of sp³-hybridized carbons (Fsp3) is 1.00. The van der Waals surface area contributed by atoms with Crippen molar-refractivity contribution in [2.24, 2.45) is 0 Å². The SMILES string of the molecule is Cl.Cl.PC1CCCCC1. The highest BCUT2D eigenvalue weighted by atomic mass is 35.5. The van der Waals surface area contributed by atoms with E-state index in [-0.39, 0.29) is 24.8 Å². The molecule has 0 saturated heterocycles. The van der Waals surface area contributed by atoms with Crippen LogP contribution in [0.25, 0.3) is 0 Å². The van der Waals surface area contributed by atoms with E-state index in [1.807, 2.05) is 0 Å². The fourth-order valence-corrected chi connectivity index (χ4v) is 1.61. The highest BCUT2D eigenvalue weighted by Gasteiger charge is 2.06. The molecule has 3 heteroatoms. The van der Waals surface area contributed by atoms with Crippen LogP contribution < -0.4 is 0 Å². The van der Waals surface area contributed by atoms with E-state index in [0.29, 0.717) is 0 Å². The van der Waals surface area contributed by atoms with Crippen molar-refractivity contribution in [3.05, 3.63) is 0 Å². The molecule has 0 nitrogen and oxygen atoms in total. The topological polar surface area (TPSA) is 0 Å². The molecule has 0 N–H and O–H groups in total. The van der Waals surface area contributed by atoms with Gasteiger partial charge >= 0.3 is 0 Å². The molecule has 0 radical (unpaired) electrons. The second kappa shape index (κ2) is 7.12. The van der Waals surface area contributed by atoms with Gasteiger partial charge in [-0.1, -0.05) is 19.3 Å². The summed E-state index contributed by atoms with van der Waals surface area (Å²) < 4.78 is 0. The minimum atomic E-state index is 0. The van der Waals surface area contributed by atoms with Gasteiger partial charge in [-0.25, -0.2) is 0 Å². The van der Waals surface area contributed by atoms with Gasteiger partial charge in [0.05, 0.1) is 0 Å². The first kappa shape index (κ1) is 12.7. The Bertz CT molecular complexity index is 53.0. The molecule has 58 valence electrons. The Morgan fingerprint density at radius 1 is 0.889 bits per heavy atom. The van der Waals surface area contributed by atoms with E-state index in [1.165, 1.54) is 32.1 Å². The molecular weight excluding hydrogens is 174 g/mol. The summed E-state index contributed by atoms with van der Waals surface area (Å²) in [6.45, 7) is 0. The maximum Gasteiger partial charge on any atom is -0.0264 e. The van der Waals surface area contributed by atoms with Crippen LogP contribution in [0.2, 0.25) is 0 Å². The van der Waals surface area contributed by atoms with Gasteiger partial charge in [0.25, 0.3) is 0 Å². The Hall–Kier alpha value is 1.01. The van der Waals surface area contributed by atoms with Gasteiger partial charge in [0.15, 0.2) is 0 Å². The Morgan fingerprint density at radius 2 is 1.33 bits per heavy atom. The molecule has 1 unspecified atom stereocenters. The van der Waals surface area contributed by atoms with Gasteiger partial charge in [0.1, 0.15) is 0 Å². The molecule has 1 saturated carbocycles. The van der Waals surface area contributed by atoms with E-state index < -0.39 is 0 Å². The van der Waals surface area contributed by atoms with Gasteiger partial charge in [-0.05, 0) is 18.5 Å². The normalized spacial score (nSPS) is 19.7. The first-order chi connectivity index (χ1) is 3.39. The van der Waals surface area contributed by atoms with Crippen molar-refractivity contribution in [2.75, 3.05) is 0 Å². The largest absolute Gasteiger partial charge is 0.147 e. The lowest BCUT2D eigenvalue weighted by molar-refractivity contribution is 0.516. The molecule has 1 fully saturated rings. The maximum atomic E-state index is 2.91. The van der Waals surface area contributed by atoms with E-state index >= 15 is 0 Å². The molecule has 1 atom stereocenters. The number of hydrogen-bond acceptors (Lipinski definition) is 0. The number of halogens is 2. The minimum absolute atomic E-state index is 0. The molecule has 1 rings (SSSR count). The minimum Gasteiger partial charge on any atom is -0.147 e. The smallest absolute Gasteiger partial charge is 0.0264 e. The maximum absolute atomic E-state index is 2.91. The molecule has 0 aromatic carbocycles. The highest BCUT2D eigenvalue weighted by molar-refractivity contribution is 7.17. The molecule has 1 aliphatic carbocycles. The Labute approximate surface area is 72.2 Å². The van der Waals surface area contributed by atoms with Crippen molar-refractivity contribution in [1.29, 1.82) is 0 Å². The Morgan fingerprint density at radius 3 is 1.56 bits per heavy atom. The van der Waals surface area contributed by atoms with Crippen LogP contribution in [0.1, 0.15) is 32.1 Å². The molecule has 0 heterocycles. The van der Waals surface area contributed by atoms with Crippen LogP contribution in [0, 0.1) is 0 Å². The number of rotatable bonds is 0. The third kappa shape index (κ3) is 5.45. The second-order valence-electron chi connectivity index (χ2n) is 2.40. The lowest BCUT2D eigenvalue weighted by Crippen LogP contribution is -2.02.